The zero-order chi connectivity index (χ0) is 11.4. The quantitative estimate of drug-likeness (QED) is 0.815. The normalized spacial score (nSPS) is 18.3. The van der Waals surface area contributed by atoms with Gasteiger partial charge in [0.1, 0.15) is 0 Å². The first-order chi connectivity index (χ1) is 7.77. The van der Waals surface area contributed by atoms with Gasteiger partial charge in [-0.25, -0.2) is 0 Å². The minimum atomic E-state index is 0.371. The van der Waals surface area contributed by atoms with Crippen LogP contribution in [0.1, 0.15) is 12.5 Å². The molecule has 0 bridgehead atoms. The van der Waals surface area contributed by atoms with E-state index in [2.05, 4.69) is 42.0 Å². The summed E-state index contributed by atoms with van der Waals surface area (Å²) in [5.41, 5.74) is 3.21. The van der Waals surface area contributed by atoms with Crippen molar-refractivity contribution in [3.8, 4) is 0 Å². The van der Waals surface area contributed by atoms with Gasteiger partial charge in [0.15, 0.2) is 0 Å². The molecule has 16 heavy (non-hydrogen) atoms. The van der Waals surface area contributed by atoms with Crippen LogP contribution in [0.5, 0.6) is 0 Å². The lowest BCUT2D eigenvalue weighted by molar-refractivity contribution is 0.833. The Bertz CT molecular complexity index is 429. The average Bonchev–Trinajstić information content (AvgIpc) is 2.74. The molecule has 2 heteroatoms. The van der Waals surface area contributed by atoms with E-state index in [1.807, 2.05) is 24.4 Å². The van der Waals surface area contributed by atoms with E-state index in [9.17, 15) is 0 Å². The van der Waals surface area contributed by atoms with Crippen LogP contribution in [0.3, 0.4) is 0 Å². The number of nitrogens with one attached hydrogen (secondary N) is 1. The Morgan fingerprint density at radius 1 is 1.38 bits per heavy atom. The summed E-state index contributed by atoms with van der Waals surface area (Å²) in [6, 6.07) is 10.3. The maximum absolute atomic E-state index is 4.30. The number of hydrogen-bond acceptors (Lipinski definition) is 2. The molecule has 2 rings (SSSR count). The zero-order valence-corrected chi connectivity index (χ0v) is 9.48. The van der Waals surface area contributed by atoms with Crippen LogP contribution in [-0.2, 0) is 6.54 Å². The monoisotopic (exact) mass is 212 g/mol. The van der Waals surface area contributed by atoms with E-state index < -0.39 is 0 Å². The lowest BCUT2D eigenvalue weighted by Crippen LogP contribution is -2.21. The molecule has 1 aromatic carbocycles. The van der Waals surface area contributed by atoms with Gasteiger partial charge in [0.05, 0.1) is 5.71 Å². The van der Waals surface area contributed by atoms with E-state index in [-0.39, 0.29) is 0 Å². The minimum absolute atomic E-state index is 0.371. The van der Waals surface area contributed by atoms with Crippen molar-refractivity contribution < 1.29 is 0 Å². The van der Waals surface area contributed by atoms with E-state index in [0.717, 1.165) is 18.0 Å². The van der Waals surface area contributed by atoms with Gasteiger partial charge in [-0.15, -0.1) is 0 Å². The van der Waals surface area contributed by atoms with Crippen LogP contribution in [0.15, 0.2) is 59.9 Å². The van der Waals surface area contributed by atoms with Crippen LogP contribution in [-0.4, -0.2) is 5.71 Å². The van der Waals surface area contributed by atoms with Crippen molar-refractivity contribution in [3.63, 3.8) is 0 Å². The van der Waals surface area contributed by atoms with Crippen LogP contribution in [0.4, 0.5) is 0 Å². The molecule has 1 heterocycles. The van der Waals surface area contributed by atoms with Crippen LogP contribution < -0.4 is 5.32 Å². The fraction of sp³-hybridized carbons (Fsp3) is 0.214. The Kier molecular flexibility index (Phi) is 3.20. The van der Waals surface area contributed by atoms with E-state index in [1.165, 1.54) is 5.56 Å². The molecule has 1 aliphatic heterocycles. The molecule has 1 aromatic rings. The molecule has 1 aliphatic rings. The van der Waals surface area contributed by atoms with Crippen LogP contribution in [0.25, 0.3) is 0 Å². The summed E-state index contributed by atoms with van der Waals surface area (Å²) in [7, 11) is 0. The lowest BCUT2D eigenvalue weighted by Gasteiger charge is -2.12. The van der Waals surface area contributed by atoms with Crippen molar-refractivity contribution in [2.24, 2.45) is 10.9 Å². The summed E-state index contributed by atoms with van der Waals surface area (Å²) in [5, 5.41) is 3.31. The number of hydrogen-bond donors (Lipinski definition) is 1. The third-order valence-electron chi connectivity index (χ3n) is 2.68. The standard InChI is InChI=1S/C14H16N2/c1-11-8-9-15-14(11)12(2)16-10-13-6-4-3-5-7-13/h3-9,11,16H,2,10H2,1H3. The highest BCUT2D eigenvalue weighted by Gasteiger charge is 2.14. The van der Waals surface area contributed by atoms with Crippen molar-refractivity contribution in [1.29, 1.82) is 0 Å². The first kappa shape index (κ1) is 10.7. The van der Waals surface area contributed by atoms with Crippen LogP contribution in [0, 0.1) is 5.92 Å². The average molecular weight is 212 g/mol. The van der Waals surface area contributed by atoms with Crippen molar-refractivity contribution in [3.05, 3.63) is 60.4 Å². The fourth-order valence-electron chi connectivity index (χ4n) is 1.71. The SMILES string of the molecule is C=C(NCc1ccccc1)C1=NC=CC1C. The summed E-state index contributed by atoms with van der Waals surface area (Å²) in [5.74, 6) is 0.371. The van der Waals surface area contributed by atoms with Gasteiger partial charge in [-0.1, -0.05) is 49.9 Å². The topological polar surface area (TPSA) is 24.4 Å². The Morgan fingerprint density at radius 3 is 2.75 bits per heavy atom. The smallest absolute Gasteiger partial charge is 0.0694 e. The molecule has 1 unspecified atom stereocenters. The van der Waals surface area contributed by atoms with E-state index in [4.69, 9.17) is 0 Å². The van der Waals surface area contributed by atoms with Gasteiger partial charge in [0.2, 0.25) is 0 Å². The second-order valence-electron chi connectivity index (χ2n) is 3.96. The molecule has 0 aromatic heterocycles. The molecule has 0 fully saturated rings. The molecule has 0 aliphatic carbocycles. The molecule has 0 saturated heterocycles. The van der Waals surface area contributed by atoms with Crippen molar-refractivity contribution in [1.82, 2.24) is 5.32 Å². The van der Waals surface area contributed by atoms with Crippen molar-refractivity contribution in [2.45, 2.75) is 13.5 Å². The number of aliphatic imine (C=N–C) groups is 1. The summed E-state index contributed by atoms with van der Waals surface area (Å²) in [6.45, 7) is 6.94. The Balaban J connectivity index is 1.90. The number of rotatable bonds is 4. The maximum Gasteiger partial charge on any atom is 0.0694 e. The molecule has 2 nitrogen and oxygen atoms in total. The summed E-state index contributed by atoms with van der Waals surface area (Å²) >= 11 is 0. The molecule has 1 N–H and O–H groups in total. The Labute approximate surface area is 96.4 Å². The molecule has 1 atom stereocenters. The zero-order valence-electron chi connectivity index (χ0n) is 9.48. The molecule has 0 radical (unpaired) electrons. The highest BCUT2D eigenvalue weighted by molar-refractivity contribution is 6.03. The minimum Gasteiger partial charge on any atom is -0.380 e. The summed E-state index contributed by atoms with van der Waals surface area (Å²) < 4.78 is 0. The molecule has 0 spiro atoms. The van der Waals surface area contributed by atoms with Gasteiger partial charge in [-0.2, -0.15) is 0 Å². The van der Waals surface area contributed by atoms with Gasteiger partial charge in [-0.05, 0) is 5.56 Å². The van der Waals surface area contributed by atoms with Crippen LogP contribution in [0.2, 0.25) is 0 Å². The van der Waals surface area contributed by atoms with Gasteiger partial charge < -0.3 is 5.32 Å². The summed E-state index contributed by atoms with van der Waals surface area (Å²) in [6.07, 6.45) is 3.92. The molecule has 0 saturated carbocycles. The number of nitrogens with zero attached hydrogens (tertiary/aromatic N) is 1. The van der Waals surface area contributed by atoms with Gasteiger partial charge in [-0.3, -0.25) is 4.99 Å². The predicted molar refractivity (Wildman–Crippen MR) is 68.2 cm³/mol. The van der Waals surface area contributed by atoms with E-state index in [0.29, 0.717) is 5.92 Å². The van der Waals surface area contributed by atoms with Crippen molar-refractivity contribution in [2.75, 3.05) is 0 Å². The second kappa shape index (κ2) is 4.79. The van der Waals surface area contributed by atoms with E-state index in [1.54, 1.807) is 0 Å². The van der Waals surface area contributed by atoms with E-state index >= 15 is 0 Å². The predicted octanol–water partition coefficient (Wildman–Crippen LogP) is 2.89. The van der Waals surface area contributed by atoms with Crippen LogP contribution >= 0.6 is 0 Å². The van der Waals surface area contributed by atoms with Crippen molar-refractivity contribution >= 4 is 5.71 Å². The largest absolute Gasteiger partial charge is 0.380 e. The number of benzene rings is 1. The second-order valence-corrected chi connectivity index (χ2v) is 3.96. The van der Waals surface area contributed by atoms with Gasteiger partial charge in [0, 0.05) is 24.4 Å². The Morgan fingerprint density at radius 2 is 2.12 bits per heavy atom. The summed E-state index contributed by atoms with van der Waals surface area (Å²) in [4.78, 5) is 4.30. The third-order valence-corrected chi connectivity index (χ3v) is 2.68. The third kappa shape index (κ3) is 2.40. The molecular weight excluding hydrogens is 196 g/mol. The number of allylic oxidation sites excluding steroid dienone is 2. The van der Waals surface area contributed by atoms with Gasteiger partial charge >= 0.3 is 0 Å². The first-order valence-electron chi connectivity index (χ1n) is 5.49. The highest BCUT2D eigenvalue weighted by Crippen LogP contribution is 2.13. The molecular formula is C14H16N2. The first-order valence-corrected chi connectivity index (χ1v) is 5.49. The Hall–Kier alpha value is -1.83. The lowest BCUT2D eigenvalue weighted by atomic mass is 10.1. The fourth-order valence-corrected chi connectivity index (χ4v) is 1.71. The molecule has 0 amide bonds. The van der Waals surface area contributed by atoms with Gasteiger partial charge in [0.25, 0.3) is 0 Å². The molecule has 82 valence electrons. The maximum atomic E-state index is 4.30. The highest BCUT2D eigenvalue weighted by atomic mass is 14.9.